The fourth-order valence-corrected chi connectivity index (χ4v) is 2.86. The van der Waals surface area contributed by atoms with E-state index in [4.69, 9.17) is 4.74 Å². The second kappa shape index (κ2) is 7.41. The van der Waals surface area contributed by atoms with Gasteiger partial charge in [0.25, 0.3) is 5.91 Å². The molecule has 3 rings (SSSR count). The van der Waals surface area contributed by atoms with Gasteiger partial charge in [0.15, 0.2) is 0 Å². The number of halogens is 1. The number of nitrogens with zero attached hydrogens (tertiary/aromatic N) is 1. The highest BCUT2D eigenvalue weighted by atomic mass is 19.1. The van der Waals surface area contributed by atoms with Crippen LogP contribution in [0.5, 0.6) is 0 Å². The Morgan fingerprint density at radius 3 is 2.59 bits per heavy atom. The Morgan fingerprint density at radius 1 is 1.15 bits per heavy atom. The fourth-order valence-electron chi connectivity index (χ4n) is 2.86. The van der Waals surface area contributed by atoms with E-state index in [9.17, 15) is 18.8 Å². The summed E-state index contributed by atoms with van der Waals surface area (Å²) < 4.78 is 20.0. The summed E-state index contributed by atoms with van der Waals surface area (Å²) in [6.07, 6.45) is 1.43. The number of rotatable bonds is 4. The summed E-state index contributed by atoms with van der Waals surface area (Å²) >= 11 is 0. The molecule has 7 heteroatoms. The molecule has 27 heavy (non-hydrogen) atoms. The number of hydrogen-bond donors (Lipinski definition) is 1. The monoisotopic (exact) mass is 368 g/mol. The van der Waals surface area contributed by atoms with E-state index in [2.05, 4.69) is 5.32 Å². The van der Waals surface area contributed by atoms with Crippen LogP contribution in [0.4, 0.5) is 10.1 Å². The Kier molecular flexibility index (Phi) is 5.03. The van der Waals surface area contributed by atoms with Gasteiger partial charge in [-0.15, -0.1) is 0 Å². The number of esters is 1. The van der Waals surface area contributed by atoms with Gasteiger partial charge in [-0.1, -0.05) is 12.1 Å². The highest BCUT2D eigenvalue weighted by molar-refractivity contribution is 6.08. The summed E-state index contributed by atoms with van der Waals surface area (Å²) in [5.74, 6) is -1.86. The first kappa shape index (κ1) is 18.3. The number of carbonyl (C=O) groups excluding carboxylic acids is 2. The molecule has 0 saturated heterocycles. The minimum absolute atomic E-state index is 0.116. The second-order valence-corrected chi connectivity index (χ2v) is 5.81. The standard InChI is InChI=1S/C20H17FN2O4/c1-3-23-11-15(18(24)14-10-12(21)8-9-17(14)23)19(25)22-16-7-5-4-6-13(16)20(26)27-2/h4-11H,3H2,1-2H3,(H,22,25). The van der Waals surface area contributed by atoms with E-state index in [1.54, 1.807) is 16.7 Å². The predicted octanol–water partition coefficient (Wildman–Crippen LogP) is 3.20. The lowest BCUT2D eigenvalue weighted by molar-refractivity contribution is 0.0602. The molecular formula is C20H17FN2O4. The molecule has 0 unspecified atom stereocenters. The molecule has 0 fully saturated rings. The van der Waals surface area contributed by atoms with Crippen molar-refractivity contribution in [2.45, 2.75) is 13.5 Å². The van der Waals surface area contributed by atoms with Crippen LogP contribution in [0.2, 0.25) is 0 Å². The van der Waals surface area contributed by atoms with Crippen molar-refractivity contribution in [2.24, 2.45) is 0 Å². The van der Waals surface area contributed by atoms with E-state index in [1.807, 2.05) is 6.92 Å². The Bertz CT molecular complexity index is 1100. The first-order valence-electron chi connectivity index (χ1n) is 8.27. The number of pyridine rings is 1. The number of fused-ring (bicyclic) bond motifs is 1. The number of nitrogens with one attached hydrogen (secondary N) is 1. The van der Waals surface area contributed by atoms with E-state index in [-0.39, 0.29) is 22.2 Å². The number of anilines is 1. The van der Waals surface area contributed by atoms with Crippen molar-refractivity contribution in [1.29, 1.82) is 0 Å². The Hall–Kier alpha value is -3.48. The first-order valence-corrected chi connectivity index (χ1v) is 8.27. The summed E-state index contributed by atoms with van der Waals surface area (Å²) in [6, 6.07) is 10.2. The summed E-state index contributed by atoms with van der Waals surface area (Å²) in [6.45, 7) is 2.34. The van der Waals surface area contributed by atoms with Gasteiger partial charge in [-0.25, -0.2) is 9.18 Å². The summed E-state index contributed by atoms with van der Waals surface area (Å²) in [5, 5.41) is 2.68. The molecule has 0 atom stereocenters. The lowest BCUT2D eigenvalue weighted by atomic mass is 10.1. The molecular weight excluding hydrogens is 351 g/mol. The van der Waals surface area contributed by atoms with Crippen molar-refractivity contribution in [2.75, 3.05) is 12.4 Å². The molecule has 3 aromatic rings. The van der Waals surface area contributed by atoms with Crippen molar-refractivity contribution in [3.05, 3.63) is 75.8 Å². The van der Waals surface area contributed by atoms with Crippen LogP contribution in [0, 0.1) is 5.82 Å². The average Bonchev–Trinajstić information content (AvgIpc) is 2.68. The highest BCUT2D eigenvalue weighted by Gasteiger charge is 2.18. The molecule has 1 heterocycles. The lowest BCUT2D eigenvalue weighted by Gasteiger charge is -2.13. The molecule has 2 aromatic carbocycles. The quantitative estimate of drug-likeness (QED) is 0.718. The maximum atomic E-state index is 13.6. The molecule has 0 aliphatic heterocycles. The van der Waals surface area contributed by atoms with Crippen molar-refractivity contribution >= 4 is 28.5 Å². The number of para-hydroxylation sites is 1. The number of aromatic nitrogens is 1. The van der Waals surface area contributed by atoms with E-state index >= 15 is 0 Å². The first-order chi connectivity index (χ1) is 13.0. The smallest absolute Gasteiger partial charge is 0.339 e. The molecule has 0 spiro atoms. The molecule has 1 N–H and O–H groups in total. The van der Waals surface area contributed by atoms with Gasteiger partial charge >= 0.3 is 5.97 Å². The van der Waals surface area contributed by atoms with Crippen LogP contribution in [0.25, 0.3) is 10.9 Å². The van der Waals surface area contributed by atoms with E-state index < -0.39 is 23.1 Å². The van der Waals surface area contributed by atoms with Gasteiger partial charge in [0, 0.05) is 18.1 Å². The largest absolute Gasteiger partial charge is 0.465 e. The number of ether oxygens (including phenoxy) is 1. The number of amides is 1. The lowest BCUT2D eigenvalue weighted by Crippen LogP contribution is -2.24. The van der Waals surface area contributed by atoms with Crippen molar-refractivity contribution in [3.63, 3.8) is 0 Å². The second-order valence-electron chi connectivity index (χ2n) is 5.81. The zero-order valence-corrected chi connectivity index (χ0v) is 14.8. The third-order valence-electron chi connectivity index (χ3n) is 4.21. The van der Waals surface area contributed by atoms with Crippen molar-refractivity contribution in [3.8, 4) is 0 Å². The van der Waals surface area contributed by atoms with Gasteiger partial charge in [0.1, 0.15) is 11.4 Å². The van der Waals surface area contributed by atoms with Crippen LogP contribution in [-0.4, -0.2) is 23.6 Å². The SMILES string of the molecule is CCn1cc(C(=O)Nc2ccccc2C(=O)OC)c(=O)c2cc(F)ccc21. The maximum Gasteiger partial charge on any atom is 0.339 e. The topological polar surface area (TPSA) is 77.4 Å². The molecule has 0 aliphatic rings. The fraction of sp³-hybridized carbons (Fsp3) is 0.150. The third-order valence-corrected chi connectivity index (χ3v) is 4.21. The molecule has 0 aliphatic carbocycles. The minimum atomic E-state index is -0.690. The van der Waals surface area contributed by atoms with E-state index in [1.165, 1.54) is 37.6 Å². The van der Waals surface area contributed by atoms with Crippen LogP contribution >= 0.6 is 0 Å². The predicted molar refractivity (Wildman–Crippen MR) is 99.6 cm³/mol. The maximum absolute atomic E-state index is 13.6. The summed E-state index contributed by atoms with van der Waals surface area (Å²) in [4.78, 5) is 37.3. The van der Waals surface area contributed by atoms with E-state index in [0.717, 1.165) is 6.07 Å². The molecule has 1 aromatic heterocycles. The normalized spacial score (nSPS) is 10.6. The zero-order valence-electron chi connectivity index (χ0n) is 14.8. The third kappa shape index (κ3) is 3.44. The van der Waals surface area contributed by atoms with Crippen molar-refractivity contribution in [1.82, 2.24) is 4.57 Å². The van der Waals surface area contributed by atoms with Gasteiger partial charge in [0.2, 0.25) is 5.43 Å². The van der Waals surface area contributed by atoms with Crippen LogP contribution in [0.1, 0.15) is 27.6 Å². The van der Waals surface area contributed by atoms with Gasteiger partial charge in [-0.05, 0) is 37.3 Å². The van der Waals surface area contributed by atoms with Crippen LogP contribution in [0.15, 0.2) is 53.5 Å². The minimum Gasteiger partial charge on any atom is -0.465 e. The Labute approximate surface area is 154 Å². The van der Waals surface area contributed by atoms with Gasteiger partial charge in [-0.2, -0.15) is 0 Å². The van der Waals surface area contributed by atoms with Gasteiger partial charge < -0.3 is 14.6 Å². The summed E-state index contributed by atoms with van der Waals surface area (Å²) in [5.41, 5.74) is 0.194. The molecule has 1 amide bonds. The van der Waals surface area contributed by atoms with Crippen LogP contribution in [0.3, 0.4) is 0 Å². The Balaban J connectivity index is 2.09. The molecule has 0 saturated carbocycles. The molecule has 0 bridgehead atoms. The molecule has 138 valence electrons. The van der Waals surface area contributed by atoms with Gasteiger partial charge in [-0.3, -0.25) is 9.59 Å². The Morgan fingerprint density at radius 2 is 1.89 bits per heavy atom. The van der Waals surface area contributed by atoms with Gasteiger partial charge in [0.05, 0.1) is 23.9 Å². The summed E-state index contributed by atoms with van der Waals surface area (Å²) in [7, 11) is 1.23. The number of aryl methyl sites for hydroxylation is 1. The number of hydrogen-bond acceptors (Lipinski definition) is 4. The number of methoxy groups -OCH3 is 1. The van der Waals surface area contributed by atoms with Crippen molar-refractivity contribution < 1.29 is 18.7 Å². The number of benzene rings is 2. The number of carbonyl (C=O) groups is 2. The average molecular weight is 368 g/mol. The molecule has 0 radical (unpaired) electrons. The van der Waals surface area contributed by atoms with Crippen LogP contribution in [-0.2, 0) is 11.3 Å². The van der Waals surface area contributed by atoms with E-state index in [0.29, 0.717) is 12.1 Å². The zero-order chi connectivity index (χ0) is 19.6. The molecule has 6 nitrogen and oxygen atoms in total. The highest BCUT2D eigenvalue weighted by Crippen LogP contribution is 2.18. The van der Waals surface area contributed by atoms with Crippen LogP contribution < -0.4 is 10.7 Å².